The van der Waals surface area contributed by atoms with Gasteiger partial charge >= 0.3 is 0 Å². The molecule has 0 aliphatic rings. The second-order valence-corrected chi connectivity index (χ2v) is 4.90. The van der Waals surface area contributed by atoms with Gasteiger partial charge in [0.2, 0.25) is 0 Å². The molecule has 0 saturated heterocycles. The number of hydrogen-bond donors (Lipinski definition) is 1. The molecule has 0 aliphatic heterocycles. The van der Waals surface area contributed by atoms with Gasteiger partial charge in [0.05, 0.1) is 0 Å². The Morgan fingerprint density at radius 2 is 2.00 bits per heavy atom. The van der Waals surface area contributed by atoms with Gasteiger partial charge in [-0.1, -0.05) is 20.8 Å². The minimum Gasteiger partial charge on any atom is -0.307 e. The topological polar surface area (TPSA) is 12.0 Å². The van der Waals surface area contributed by atoms with E-state index >= 15 is 0 Å². The lowest BCUT2D eigenvalue weighted by atomic mass is 10.2. The minimum atomic E-state index is 0.491. The van der Waals surface area contributed by atoms with Crippen LogP contribution >= 0.6 is 11.3 Å². The molecule has 1 aromatic rings. The van der Waals surface area contributed by atoms with Crippen molar-refractivity contribution in [1.29, 1.82) is 0 Å². The van der Waals surface area contributed by atoms with Crippen molar-refractivity contribution in [3.8, 4) is 0 Å². The summed E-state index contributed by atoms with van der Waals surface area (Å²) >= 11 is 1.92. The molecule has 0 radical (unpaired) electrons. The Bertz CT molecular complexity index is 252. The Balaban J connectivity index is 2.60. The van der Waals surface area contributed by atoms with E-state index in [0.29, 0.717) is 12.1 Å². The highest BCUT2D eigenvalue weighted by Crippen LogP contribution is 2.23. The van der Waals surface area contributed by atoms with E-state index in [0.717, 1.165) is 6.42 Å². The Labute approximate surface area is 85.2 Å². The van der Waals surface area contributed by atoms with Gasteiger partial charge in [0, 0.05) is 21.8 Å². The van der Waals surface area contributed by atoms with Crippen LogP contribution in [0, 0.1) is 0 Å². The zero-order chi connectivity index (χ0) is 9.84. The molecule has 1 atom stereocenters. The van der Waals surface area contributed by atoms with Crippen LogP contribution < -0.4 is 5.32 Å². The van der Waals surface area contributed by atoms with Gasteiger partial charge in [-0.05, 0) is 25.5 Å². The Morgan fingerprint density at radius 1 is 1.31 bits per heavy atom. The van der Waals surface area contributed by atoms with Crippen molar-refractivity contribution >= 4 is 11.3 Å². The molecule has 1 rings (SSSR count). The van der Waals surface area contributed by atoms with Gasteiger partial charge in [0.25, 0.3) is 0 Å². The molecule has 0 bridgehead atoms. The average Bonchev–Trinajstić information content (AvgIpc) is 2.50. The first-order chi connectivity index (χ1) is 6.13. The third kappa shape index (κ3) is 3.12. The molecule has 0 spiro atoms. The van der Waals surface area contributed by atoms with Crippen LogP contribution in [0.5, 0.6) is 0 Å². The number of rotatable bonds is 4. The lowest BCUT2D eigenvalue weighted by Gasteiger charge is -2.14. The van der Waals surface area contributed by atoms with Gasteiger partial charge in [0.1, 0.15) is 0 Å². The average molecular weight is 197 g/mol. The van der Waals surface area contributed by atoms with Gasteiger partial charge in [-0.15, -0.1) is 11.3 Å². The largest absolute Gasteiger partial charge is 0.307 e. The molecule has 0 saturated carbocycles. The quantitative estimate of drug-likeness (QED) is 0.780. The van der Waals surface area contributed by atoms with Crippen molar-refractivity contribution in [1.82, 2.24) is 5.32 Å². The van der Waals surface area contributed by atoms with Crippen molar-refractivity contribution in [2.45, 2.75) is 46.2 Å². The van der Waals surface area contributed by atoms with Crippen LogP contribution in [0.4, 0.5) is 0 Å². The first-order valence-electron chi connectivity index (χ1n) is 4.98. The summed E-state index contributed by atoms with van der Waals surface area (Å²) < 4.78 is 0. The lowest BCUT2D eigenvalue weighted by molar-refractivity contribution is 0.512. The Hall–Kier alpha value is -0.340. The predicted octanol–water partition coefficient (Wildman–Crippen LogP) is 3.37. The van der Waals surface area contributed by atoms with Gasteiger partial charge in [-0.25, -0.2) is 0 Å². The summed E-state index contributed by atoms with van der Waals surface area (Å²) in [4.78, 5) is 2.93. The summed E-state index contributed by atoms with van der Waals surface area (Å²) in [5.74, 6) is 0. The monoisotopic (exact) mass is 197 g/mol. The van der Waals surface area contributed by atoms with Crippen LogP contribution in [-0.4, -0.2) is 6.04 Å². The molecule has 1 aromatic heterocycles. The number of aryl methyl sites for hydroxylation is 1. The molecule has 0 aliphatic carbocycles. The molecule has 1 nitrogen and oxygen atoms in total. The summed E-state index contributed by atoms with van der Waals surface area (Å²) in [6.45, 7) is 8.80. The van der Waals surface area contributed by atoms with Gasteiger partial charge in [-0.3, -0.25) is 0 Å². The summed E-state index contributed by atoms with van der Waals surface area (Å²) in [5, 5.41) is 3.51. The summed E-state index contributed by atoms with van der Waals surface area (Å²) in [5.41, 5.74) is 0. The third-order valence-corrected chi connectivity index (χ3v) is 3.45. The molecule has 0 amide bonds. The molecule has 0 aromatic carbocycles. The summed E-state index contributed by atoms with van der Waals surface area (Å²) in [7, 11) is 0. The molecule has 1 unspecified atom stereocenters. The van der Waals surface area contributed by atoms with E-state index < -0.39 is 0 Å². The normalized spacial score (nSPS) is 13.6. The van der Waals surface area contributed by atoms with E-state index in [4.69, 9.17) is 0 Å². The van der Waals surface area contributed by atoms with Crippen LogP contribution in [0.25, 0.3) is 0 Å². The fraction of sp³-hybridized carbons (Fsp3) is 0.636. The van der Waals surface area contributed by atoms with E-state index in [9.17, 15) is 0 Å². The molecule has 1 heterocycles. The van der Waals surface area contributed by atoms with Crippen LogP contribution in [0.2, 0.25) is 0 Å². The maximum atomic E-state index is 3.51. The maximum Gasteiger partial charge on any atom is 0.0388 e. The van der Waals surface area contributed by atoms with E-state index in [1.807, 2.05) is 11.3 Å². The molecule has 0 fully saturated rings. The van der Waals surface area contributed by atoms with Crippen molar-refractivity contribution in [2.24, 2.45) is 0 Å². The van der Waals surface area contributed by atoms with Crippen molar-refractivity contribution in [3.05, 3.63) is 21.9 Å². The SMILES string of the molecule is CCc1ccc(C(C)NC(C)C)s1. The minimum absolute atomic E-state index is 0.491. The van der Waals surface area contributed by atoms with Crippen molar-refractivity contribution in [3.63, 3.8) is 0 Å². The highest BCUT2D eigenvalue weighted by molar-refractivity contribution is 7.12. The number of thiophene rings is 1. The van der Waals surface area contributed by atoms with Crippen LogP contribution in [0.3, 0.4) is 0 Å². The van der Waals surface area contributed by atoms with E-state index in [2.05, 4.69) is 45.1 Å². The van der Waals surface area contributed by atoms with Crippen LogP contribution in [0.1, 0.15) is 43.5 Å². The zero-order valence-corrected chi connectivity index (χ0v) is 9.74. The molecule has 2 heteroatoms. The summed E-state index contributed by atoms with van der Waals surface area (Å²) in [6.07, 6.45) is 1.15. The van der Waals surface area contributed by atoms with Crippen molar-refractivity contribution in [2.75, 3.05) is 0 Å². The van der Waals surface area contributed by atoms with Gasteiger partial charge in [0.15, 0.2) is 0 Å². The van der Waals surface area contributed by atoms with E-state index in [-0.39, 0.29) is 0 Å². The lowest BCUT2D eigenvalue weighted by Crippen LogP contribution is -2.25. The van der Waals surface area contributed by atoms with E-state index in [1.54, 1.807) is 0 Å². The molecular weight excluding hydrogens is 178 g/mol. The second kappa shape index (κ2) is 4.77. The van der Waals surface area contributed by atoms with Gasteiger partial charge in [-0.2, -0.15) is 0 Å². The highest BCUT2D eigenvalue weighted by Gasteiger charge is 2.08. The highest BCUT2D eigenvalue weighted by atomic mass is 32.1. The molecule has 1 N–H and O–H groups in total. The third-order valence-electron chi connectivity index (χ3n) is 2.04. The Morgan fingerprint density at radius 3 is 2.46 bits per heavy atom. The molecular formula is C11H19NS. The smallest absolute Gasteiger partial charge is 0.0388 e. The van der Waals surface area contributed by atoms with Crippen LogP contribution in [0.15, 0.2) is 12.1 Å². The maximum absolute atomic E-state index is 3.51. The zero-order valence-electron chi connectivity index (χ0n) is 8.92. The van der Waals surface area contributed by atoms with E-state index in [1.165, 1.54) is 9.75 Å². The van der Waals surface area contributed by atoms with Crippen LogP contribution in [-0.2, 0) is 6.42 Å². The van der Waals surface area contributed by atoms with Crippen molar-refractivity contribution < 1.29 is 0 Å². The number of nitrogens with one attached hydrogen (secondary N) is 1. The molecule has 74 valence electrons. The fourth-order valence-electron chi connectivity index (χ4n) is 1.40. The predicted molar refractivity (Wildman–Crippen MR) is 60.4 cm³/mol. The first kappa shape index (κ1) is 10.7. The fourth-order valence-corrected chi connectivity index (χ4v) is 2.36. The first-order valence-corrected chi connectivity index (χ1v) is 5.79. The standard InChI is InChI=1S/C11H19NS/c1-5-10-6-7-11(13-10)9(4)12-8(2)3/h6-9,12H,5H2,1-4H3. The molecule has 13 heavy (non-hydrogen) atoms. The number of hydrogen-bond acceptors (Lipinski definition) is 2. The summed E-state index contributed by atoms with van der Waals surface area (Å²) in [6, 6.07) is 5.52. The Kier molecular flexibility index (Phi) is 3.94. The van der Waals surface area contributed by atoms with Gasteiger partial charge < -0.3 is 5.32 Å². The second-order valence-electron chi connectivity index (χ2n) is 3.70.